The number of hydrogen-bond acceptors (Lipinski definition) is 3. The maximum absolute atomic E-state index is 8.67. The van der Waals surface area contributed by atoms with Gasteiger partial charge < -0.3 is 4.74 Å². The number of nitrogens with zero attached hydrogens (tertiary/aromatic N) is 2. The first-order valence-electron chi connectivity index (χ1n) is 5.29. The van der Waals surface area contributed by atoms with Crippen LogP contribution in [0.4, 0.5) is 0 Å². The van der Waals surface area contributed by atoms with Crippen LogP contribution in [-0.2, 0) is 0 Å². The fraction of sp³-hybridized carbons (Fsp3) is 0.500. The van der Waals surface area contributed by atoms with E-state index in [0.29, 0.717) is 5.69 Å². The van der Waals surface area contributed by atoms with Gasteiger partial charge in [0.2, 0.25) is 0 Å². The number of unbranched alkanes of at least 4 members (excludes halogenated alkanes) is 1. The van der Waals surface area contributed by atoms with Crippen molar-refractivity contribution in [1.29, 1.82) is 5.26 Å². The third kappa shape index (κ3) is 3.99. The first-order valence-corrected chi connectivity index (χ1v) is 5.29. The third-order valence-corrected chi connectivity index (χ3v) is 2.15. The zero-order valence-electron chi connectivity index (χ0n) is 9.23. The van der Waals surface area contributed by atoms with Gasteiger partial charge in [0, 0.05) is 12.3 Å². The quantitative estimate of drug-likeness (QED) is 0.740. The van der Waals surface area contributed by atoms with E-state index in [1.54, 1.807) is 18.3 Å². The van der Waals surface area contributed by atoms with Crippen molar-refractivity contribution in [2.75, 3.05) is 0 Å². The normalized spacial score (nSPS) is 11.8. The summed E-state index contributed by atoms with van der Waals surface area (Å²) in [6.45, 7) is 4.20. The van der Waals surface area contributed by atoms with Gasteiger partial charge in [-0.3, -0.25) is 0 Å². The van der Waals surface area contributed by atoms with E-state index in [2.05, 4.69) is 11.9 Å². The second kappa shape index (κ2) is 6.02. The summed E-state index contributed by atoms with van der Waals surface area (Å²) >= 11 is 0. The summed E-state index contributed by atoms with van der Waals surface area (Å²) in [6.07, 6.45) is 5.17. The lowest BCUT2D eigenvalue weighted by Crippen LogP contribution is -2.11. The van der Waals surface area contributed by atoms with Gasteiger partial charge in [0.25, 0.3) is 0 Å². The molecule has 0 aromatic carbocycles. The van der Waals surface area contributed by atoms with Gasteiger partial charge in [-0.25, -0.2) is 4.98 Å². The van der Waals surface area contributed by atoms with Crippen molar-refractivity contribution < 1.29 is 4.74 Å². The van der Waals surface area contributed by atoms with E-state index in [4.69, 9.17) is 10.00 Å². The third-order valence-electron chi connectivity index (χ3n) is 2.15. The van der Waals surface area contributed by atoms with Gasteiger partial charge in [-0.1, -0.05) is 19.8 Å². The summed E-state index contributed by atoms with van der Waals surface area (Å²) in [5, 5.41) is 8.67. The molecule has 1 rings (SSSR count). The molecule has 1 unspecified atom stereocenters. The monoisotopic (exact) mass is 204 g/mol. The van der Waals surface area contributed by atoms with Crippen LogP contribution in [0.2, 0.25) is 0 Å². The van der Waals surface area contributed by atoms with E-state index >= 15 is 0 Å². The molecule has 0 aliphatic rings. The molecule has 0 aliphatic carbocycles. The zero-order valence-corrected chi connectivity index (χ0v) is 9.23. The molecule has 1 atom stereocenters. The molecular formula is C12H16N2O. The molecule has 80 valence electrons. The van der Waals surface area contributed by atoms with Crippen LogP contribution in [-0.4, -0.2) is 11.1 Å². The molecule has 0 N–H and O–H groups in total. The Hall–Kier alpha value is -1.56. The fourth-order valence-electron chi connectivity index (χ4n) is 1.33. The lowest BCUT2D eigenvalue weighted by Gasteiger charge is -2.13. The first-order chi connectivity index (χ1) is 7.26. The molecular weight excluding hydrogens is 188 g/mol. The number of aromatic nitrogens is 1. The van der Waals surface area contributed by atoms with Crippen LogP contribution in [0.25, 0.3) is 0 Å². The predicted octanol–water partition coefficient (Wildman–Crippen LogP) is 2.91. The minimum atomic E-state index is 0.193. The van der Waals surface area contributed by atoms with Gasteiger partial charge in [-0.05, 0) is 19.4 Å². The molecule has 0 bridgehead atoms. The van der Waals surface area contributed by atoms with Crippen LogP contribution in [0.15, 0.2) is 18.3 Å². The second-order valence-electron chi connectivity index (χ2n) is 3.56. The highest BCUT2D eigenvalue weighted by Crippen LogP contribution is 2.14. The van der Waals surface area contributed by atoms with E-state index in [0.717, 1.165) is 18.6 Å². The molecule has 1 aromatic heterocycles. The van der Waals surface area contributed by atoms with Crippen molar-refractivity contribution in [2.45, 2.75) is 39.2 Å². The number of pyridine rings is 1. The summed E-state index contributed by atoms with van der Waals surface area (Å²) in [7, 11) is 0. The highest BCUT2D eigenvalue weighted by Gasteiger charge is 2.04. The number of hydrogen-bond donors (Lipinski definition) is 0. The summed E-state index contributed by atoms with van der Waals surface area (Å²) in [4.78, 5) is 3.89. The van der Waals surface area contributed by atoms with E-state index in [1.165, 1.54) is 6.42 Å². The number of ether oxygens (including phenoxy) is 1. The molecule has 0 aliphatic heterocycles. The SMILES string of the molecule is CCCCC(C)Oc1ccnc(C#N)c1. The molecule has 15 heavy (non-hydrogen) atoms. The van der Waals surface area contributed by atoms with Gasteiger partial charge >= 0.3 is 0 Å². The Bertz CT molecular complexity index is 344. The van der Waals surface area contributed by atoms with Gasteiger partial charge in [0.05, 0.1) is 6.10 Å². The molecule has 3 heteroatoms. The standard InChI is InChI=1S/C12H16N2O/c1-3-4-5-10(2)15-12-6-7-14-11(8-12)9-13/h6-8,10H,3-5H2,1-2H3. The molecule has 0 spiro atoms. The minimum absolute atomic E-state index is 0.193. The summed E-state index contributed by atoms with van der Waals surface area (Å²) in [5.74, 6) is 0.727. The van der Waals surface area contributed by atoms with Crippen LogP contribution in [0.5, 0.6) is 5.75 Å². The second-order valence-corrected chi connectivity index (χ2v) is 3.56. The minimum Gasteiger partial charge on any atom is -0.491 e. The van der Waals surface area contributed by atoms with Gasteiger partial charge in [0.1, 0.15) is 17.5 Å². The van der Waals surface area contributed by atoms with E-state index in [9.17, 15) is 0 Å². The van der Waals surface area contributed by atoms with E-state index in [1.807, 2.05) is 13.0 Å². The van der Waals surface area contributed by atoms with Crippen molar-refractivity contribution in [3.05, 3.63) is 24.0 Å². The van der Waals surface area contributed by atoms with Crippen molar-refractivity contribution in [3.8, 4) is 11.8 Å². The van der Waals surface area contributed by atoms with Crippen molar-refractivity contribution in [1.82, 2.24) is 4.98 Å². The Kier molecular flexibility index (Phi) is 4.62. The highest BCUT2D eigenvalue weighted by molar-refractivity contribution is 5.29. The Morgan fingerprint density at radius 3 is 3.07 bits per heavy atom. The predicted molar refractivity (Wildman–Crippen MR) is 58.6 cm³/mol. The van der Waals surface area contributed by atoms with E-state index < -0.39 is 0 Å². The Labute approximate surface area is 90.7 Å². The van der Waals surface area contributed by atoms with Gasteiger partial charge in [0.15, 0.2) is 0 Å². The van der Waals surface area contributed by atoms with Crippen LogP contribution in [0.3, 0.4) is 0 Å². The zero-order chi connectivity index (χ0) is 11.1. The van der Waals surface area contributed by atoms with Crippen LogP contribution in [0, 0.1) is 11.3 Å². The van der Waals surface area contributed by atoms with Crippen molar-refractivity contribution >= 4 is 0 Å². The molecule has 1 heterocycles. The average molecular weight is 204 g/mol. The Morgan fingerprint density at radius 2 is 2.40 bits per heavy atom. The fourth-order valence-corrected chi connectivity index (χ4v) is 1.33. The van der Waals surface area contributed by atoms with Gasteiger partial charge in [-0.15, -0.1) is 0 Å². The number of nitriles is 1. The summed E-state index contributed by atoms with van der Waals surface area (Å²) < 4.78 is 5.67. The molecule has 1 aromatic rings. The summed E-state index contributed by atoms with van der Waals surface area (Å²) in [6, 6.07) is 5.44. The topological polar surface area (TPSA) is 45.9 Å². The van der Waals surface area contributed by atoms with E-state index in [-0.39, 0.29) is 6.10 Å². The molecule has 0 amide bonds. The first kappa shape index (κ1) is 11.5. The molecule has 0 fully saturated rings. The lowest BCUT2D eigenvalue weighted by molar-refractivity contribution is 0.207. The maximum Gasteiger partial charge on any atom is 0.144 e. The van der Waals surface area contributed by atoms with Gasteiger partial charge in [-0.2, -0.15) is 5.26 Å². The van der Waals surface area contributed by atoms with Crippen LogP contribution < -0.4 is 4.74 Å². The number of rotatable bonds is 5. The molecule has 3 nitrogen and oxygen atoms in total. The highest BCUT2D eigenvalue weighted by atomic mass is 16.5. The molecule has 0 saturated heterocycles. The van der Waals surface area contributed by atoms with Crippen molar-refractivity contribution in [2.24, 2.45) is 0 Å². The van der Waals surface area contributed by atoms with Crippen LogP contribution in [0.1, 0.15) is 38.8 Å². The Balaban J connectivity index is 2.53. The molecule has 0 saturated carbocycles. The van der Waals surface area contributed by atoms with Crippen molar-refractivity contribution in [3.63, 3.8) is 0 Å². The average Bonchev–Trinajstić information content (AvgIpc) is 2.26. The smallest absolute Gasteiger partial charge is 0.144 e. The lowest BCUT2D eigenvalue weighted by atomic mass is 10.2. The summed E-state index contributed by atoms with van der Waals surface area (Å²) in [5.41, 5.74) is 0.398. The van der Waals surface area contributed by atoms with Crippen LogP contribution >= 0.6 is 0 Å². The maximum atomic E-state index is 8.67. The largest absolute Gasteiger partial charge is 0.491 e. The molecule has 0 radical (unpaired) electrons. The Morgan fingerprint density at radius 1 is 1.60 bits per heavy atom.